The van der Waals surface area contributed by atoms with E-state index in [1.807, 2.05) is 0 Å². The molecule has 0 aliphatic carbocycles. The Morgan fingerprint density at radius 3 is 2.71 bits per heavy atom. The molecule has 0 unspecified atom stereocenters. The molecule has 1 N–H and O–H groups in total. The number of fused-ring (bicyclic) bond motifs is 1. The van der Waals surface area contributed by atoms with E-state index >= 15 is 0 Å². The Labute approximate surface area is 174 Å². The number of aromatic nitrogens is 1. The van der Waals surface area contributed by atoms with E-state index in [4.69, 9.17) is 9.40 Å². The molecule has 150 valence electrons. The average molecular weight is 420 g/mol. The average Bonchev–Trinajstić information content (AvgIpc) is 3.35. The lowest BCUT2D eigenvalue weighted by molar-refractivity contribution is -0.0000139. The van der Waals surface area contributed by atoms with Crippen LogP contribution < -0.4 is 22.6 Å². The number of hydrogen-bond acceptors (Lipinski definition) is 6. The summed E-state index contributed by atoms with van der Waals surface area (Å²) in [5.41, 5.74) is 3.71. The number of rotatable bonds is 5. The Morgan fingerprint density at radius 2 is 2.00 bits per heavy atom. The molecule has 3 aromatic rings. The van der Waals surface area contributed by atoms with Crippen LogP contribution in [0.25, 0.3) is 10.2 Å². The van der Waals surface area contributed by atoms with E-state index in [-0.39, 0.29) is 18.3 Å². The van der Waals surface area contributed by atoms with Crippen LogP contribution in [0.1, 0.15) is 21.7 Å². The van der Waals surface area contributed by atoms with Crippen LogP contribution in [0.4, 0.5) is 5.13 Å². The Bertz CT molecular complexity index is 933. The third-order valence-corrected chi connectivity index (χ3v) is 6.26. The lowest BCUT2D eigenvalue weighted by Crippen LogP contribution is -3.00. The van der Waals surface area contributed by atoms with Crippen LogP contribution in [0.2, 0.25) is 0 Å². The van der Waals surface area contributed by atoms with Crippen molar-refractivity contribution in [3.63, 3.8) is 0 Å². The number of piperazine rings is 1. The van der Waals surface area contributed by atoms with E-state index in [9.17, 15) is 4.79 Å². The molecule has 4 rings (SSSR count). The summed E-state index contributed by atoms with van der Waals surface area (Å²) in [6, 6.07) is 7.75. The summed E-state index contributed by atoms with van der Waals surface area (Å²) in [7, 11) is 0. The van der Waals surface area contributed by atoms with Gasteiger partial charge in [0.05, 0.1) is 16.5 Å². The maximum Gasteiger partial charge on any atom is 0.287 e. The molecule has 0 radical (unpaired) electrons. The van der Waals surface area contributed by atoms with Crippen molar-refractivity contribution in [3.8, 4) is 0 Å². The van der Waals surface area contributed by atoms with E-state index < -0.39 is 0 Å². The van der Waals surface area contributed by atoms with Gasteiger partial charge in [0.25, 0.3) is 5.91 Å². The first kappa shape index (κ1) is 20.6. The number of benzene rings is 1. The highest BCUT2D eigenvalue weighted by molar-refractivity contribution is 7.22. The fraction of sp³-hybridized carbons (Fsp3) is 0.400. The first-order chi connectivity index (χ1) is 13.1. The molecule has 1 aliphatic heterocycles. The Balaban J connectivity index is 0.00000225. The minimum Gasteiger partial charge on any atom is -1.00 e. The zero-order chi connectivity index (χ0) is 18.8. The van der Waals surface area contributed by atoms with Crippen molar-refractivity contribution in [1.82, 2.24) is 15.2 Å². The van der Waals surface area contributed by atoms with Gasteiger partial charge in [-0.1, -0.05) is 17.4 Å². The monoisotopic (exact) mass is 419 g/mol. The second-order valence-corrected chi connectivity index (χ2v) is 7.92. The number of furan rings is 1. The maximum atomic E-state index is 11.9. The molecule has 0 atom stereocenters. The highest BCUT2D eigenvalue weighted by Gasteiger charge is 2.20. The van der Waals surface area contributed by atoms with Gasteiger partial charge in [0, 0.05) is 39.3 Å². The number of nitrogens with zero attached hydrogens (tertiary/aromatic N) is 3. The topological polar surface area (TPSA) is 61.6 Å². The molecule has 1 aliphatic rings. The zero-order valence-electron chi connectivity index (χ0n) is 16.1. The molecule has 0 bridgehead atoms. The quantitative estimate of drug-likeness (QED) is 0.633. The van der Waals surface area contributed by atoms with Gasteiger partial charge < -0.3 is 27.0 Å². The molecule has 3 heterocycles. The predicted molar refractivity (Wildman–Crippen MR) is 109 cm³/mol. The molecule has 1 amide bonds. The summed E-state index contributed by atoms with van der Waals surface area (Å²) in [6.07, 6.45) is 1.51. The first-order valence-electron chi connectivity index (χ1n) is 9.27. The van der Waals surface area contributed by atoms with E-state index in [1.165, 1.54) is 22.1 Å². The maximum absolute atomic E-state index is 11.9. The van der Waals surface area contributed by atoms with Crippen molar-refractivity contribution < 1.29 is 21.6 Å². The van der Waals surface area contributed by atoms with Gasteiger partial charge in [-0.2, -0.15) is 0 Å². The van der Waals surface area contributed by atoms with E-state index in [0.717, 1.165) is 43.4 Å². The minimum atomic E-state index is -0.154. The Kier molecular flexibility index (Phi) is 6.59. The molecular weight excluding hydrogens is 396 g/mol. The normalized spacial score (nSPS) is 14.9. The lowest BCUT2D eigenvalue weighted by Gasteiger charge is -2.34. The summed E-state index contributed by atoms with van der Waals surface area (Å²) in [5, 5.41) is 4.02. The number of anilines is 1. The number of nitrogens with one attached hydrogen (secondary N) is 1. The molecule has 1 fully saturated rings. The van der Waals surface area contributed by atoms with Gasteiger partial charge in [0.15, 0.2) is 10.9 Å². The van der Waals surface area contributed by atoms with Crippen LogP contribution in [0.15, 0.2) is 34.9 Å². The van der Waals surface area contributed by atoms with Gasteiger partial charge in [-0.25, -0.2) is 4.98 Å². The number of amides is 1. The van der Waals surface area contributed by atoms with Crippen LogP contribution in [-0.4, -0.2) is 55.1 Å². The third-order valence-electron chi connectivity index (χ3n) is 5.17. The molecule has 0 saturated carbocycles. The van der Waals surface area contributed by atoms with Crippen LogP contribution in [0.5, 0.6) is 0 Å². The highest BCUT2D eigenvalue weighted by atomic mass is 35.5. The molecular formula is C20H24ClN4O2S-. The fourth-order valence-electron chi connectivity index (χ4n) is 3.33. The molecule has 2 aromatic heterocycles. The van der Waals surface area contributed by atoms with Crippen LogP contribution in [0, 0.1) is 13.8 Å². The predicted octanol–water partition coefficient (Wildman–Crippen LogP) is 0.0621. The lowest BCUT2D eigenvalue weighted by atomic mass is 10.1. The van der Waals surface area contributed by atoms with Crippen LogP contribution in [-0.2, 0) is 0 Å². The number of hydrogen-bond donors (Lipinski definition) is 1. The number of aryl methyl sites for hydroxylation is 2. The Hall–Kier alpha value is -2.09. The van der Waals surface area contributed by atoms with Gasteiger partial charge >= 0.3 is 0 Å². The van der Waals surface area contributed by atoms with Crippen molar-refractivity contribution in [1.29, 1.82) is 0 Å². The molecule has 6 nitrogen and oxygen atoms in total. The van der Waals surface area contributed by atoms with Crippen LogP contribution >= 0.6 is 11.3 Å². The van der Waals surface area contributed by atoms with E-state index in [1.54, 1.807) is 23.5 Å². The van der Waals surface area contributed by atoms with Gasteiger partial charge in [-0.15, -0.1) is 0 Å². The minimum absolute atomic E-state index is 0. The first-order valence-corrected chi connectivity index (χ1v) is 10.1. The molecule has 1 saturated heterocycles. The van der Waals surface area contributed by atoms with Crippen molar-refractivity contribution in [3.05, 3.63) is 47.4 Å². The van der Waals surface area contributed by atoms with Gasteiger partial charge in [0.2, 0.25) is 0 Å². The molecule has 8 heteroatoms. The number of thiazole rings is 1. The van der Waals surface area contributed by atoms with Gasteiger partial charge in [0.1, 0.15) is 0 Å². The van der Waals surface area contributed by atoms with Crippen LogP contribution in [0.3, 0.4) is 0 Å². The van der Waals surface area contributed by atoms with Gasteiger partial charge in [-0.3, -0.25) is 9.69 Å². The zero-order valence-corrected chi connectivity index (χ0v) is 17.6. The summed E-state index contributed by atoms with van der Waals surface area (Å²) in [6.45, 7) is 9.63. The molecule has 28 heavy (non-hydrogen) atoms. The summed E-state index contributed by atoms with van der Waals surface area (Å²) in [5.74, 6) is 0.208. The van der Waals surface area contributed by atoms with Crippen molar-refractivity contribution in [2.24, 2.45) is 0 Å². The number of halogens is 1. The summed E-state index contributed by atoms with van der Waals surface area (Å²) in [4.78, 5) is 21.5. The molecule has 0 spiro atoms. The standard InChI is InChI=1S/C20H24N4O2S.ClH/c1-14-5-6-17-18(15(14)2)22-20(27-17)24-11-9-23(10-12-24)8-7-21-19(25)16-4-3-13-26-16;/h3-6,13H,7-12H2,1-2H3,(H,21,25);1H/p-1. The molecule has 1 aromatic carbocycles. The van der Waals surface area contributed by atoms with E-state index in [2.05, 4.69) is 41.1 Å². The smallest absolute Gasteiger partial charge is 0.287 e. The number of carbonyl (C=O) groups excluding carboxylic acids is 1. The SMILES string of the molecule is Cc1ccc2sc(N3CCN(CCNC(=O)c4ccco4)CC3)nc2c1C.[Cl-]. The van der Waals surface area contributed by atoms with Crippen molar-refractivity contribution >= 4 is 32.6 Å². The third kappa shape index (κ3) is 4.32. The second-order valence-electron chi connectivity index (χ2n) is 6.91. The second kappa shape index (κ2) is 8.94. The number of carbonyl (C=O) groups is 1. The van der Waals surface area contributed by atoms with Gasteiger partial charge in [-0.05, 0) is 43.2 Å². The Morgan fingerprint density at radius 1 is 1.21 bits per heavy atom. The summed E-state index contributed by atoms with van der Waals surface area (Å²) < 4.78 is 6.36. The van der Waals surface area contributed by atoms with E-state index in [0.29, 0.717) is 12.3 Å². The van der Waals surface area contributed by atoms with Crippen molar-refractivity contribution in [2.45, 2.75) is 13.8 Å². The fourth-order valence-corrected chi connectivity index (χ4v) is 4.41. The largest absolute Gasteiger partial charge is 1.00 e. The van der Waals surface area contributed by atoms with Crippen molar-refractivity contribution in [2.75, 3.05) is 44.2 Å². The highest BCUT2D eigenvalue weighted by Crippen LogP contribution is 2.32. The summed E-state index contributed by atoms with van der Waals surface area (Å²) >= 11 is 1.78.